The molecule has 0 aromatic heterocycles. The molecular weight excluding hydrogens is 190 g/mol. The van der Waals surface area contributed by atoms with Crippen LogP contribution in [0.4, 0.5) is 0 Å². The van der Waals surface area contributed by atoms with Crippen molar-refractivity contribution in [1.82, 2.24) is 5.32 Å². The van der Waals surface area contributed by atoms with E-state index in [9.17, 15) is 0 Å². The fraction of sp³-hybridized carbons (Fsp3) is 1.00. The van der Waals surface area contributed by atoms with Gasteiger partial charge in [-0.2, -0.15) is 0 Å². The Morgan fingerprint density at radius 1 is 1.47 bits per heavy atom. The monoisotopic (exact) mass is 215 g/mol. The number of hydrogen-bond donors (Lipinski definition) is 1. The topological polar surface area (TPSA) is 30.5 Å². The smallest absolute Gasteiger partial charge is 0.0728 e. The Balaban J connectivity index is 2.25. The molecule has 90 valence electrons. The van der Waals surface area contributed by atoms with Gasteiger partial charge in [-0.05, 0) is 33.1 Å². The summed E-state index contributed by atoms with van der Waals surface area (Å²) in [5, 5.41) is 3.59. The van der Waals surface area contributed by atoms with E-state index in [1.165, 1.54) is 12.8 Å². The highest BCUT2D eigenvalue weighted by atomic mass is 16.5. The quantitative estimate of drug-likeness (QED) is 0.704. The third-order valence-corrected chi connectivity index (χ3v) is 2.92. The van der Waals surface area contributed by atoms with Gasteiger partial charge in [0.1, 0.15) is 0 Å². The molecule has 3 atom stereocenters. The minimum Gasteiger partial charge on any atom is -0.380 e. The summed E-state index contributed by atoms with van der Waals surface area (Å²) in [6, 6.07) is 0.905. The zero-order valence-corrected chi connectivity index (χ0v) is 10.3. The van der Waals surface area contributed by atoms with Gasteiger partial charge in [-0.1, -0.05) is 6.92 Å². The van der Waals surface area contributed by atoms with Crippen molar-refractivity contribution < 1.29 is 9.47 Å². The van der Waals surface area contributed by atoms with E-state index in [2.05, 4.69) is 19.2 Å². The van der Waals surface area contributed by atoms with Crippen molar-refractivity contribution in [2.24, 2.45) is 0 Å². The van der Waals surface area contributed by atoms with Gasteiger partial charge < -0.3 is 14.8 Å². The first-order valence-corrected chi connectivity index (χ1v) is 6.23. The van der Waals surface area contributed by atoms with E-state index in [1.807, 2.05) is 6.92 Å². The Hall–Kier alpha value is -0.120. The van der Waals surface area contributed by atoms with E-state index in [-0.39, 0.29) is 0 Å². The maximum atomic E-state index is 5.71. The molecule has 3 unspecified atom stereocenters. The Morgan fingerprint density at radius 3 is 2.80 bits per heavy atom. The SMILES string of the molecule is CCOCC(C)NC(CC)C1CCCO1. The molecule has 1 aliphatic rings. The molecule has 1 aliphatic heterocycles. The van der Waals surface area contributed by atoms with Crippen molar-refractivity contribution in [1.29, 1.82) is 0 Å². The van der Waals surface area contributed by atoms with E-state index < -0.39 is 0 Å². The highest BCUT2D eigenvalue weighted by molar-refractivity contribution is 4.81. The van der Waals surface area contributed by atoms with Gasteiger partial charge in [0, 0.05) is 25.3 Å². The minimum atomic E-state index is 0.416. The van der Waals surface area contributed by atoms with Gasteiger partial charge in [-0.25, -0.2) is 0 Å². The molecule has 3 heteroatoms. The van der Waals surface area contributed by atoms with E-state index in [4.69, 9.17) is 9.47 Å². The second-order valence-corrected chi connectivity index (χ2v) is 4.29. The standard InChI is InChI=1S/C12H25NO2/c1-4-11(12-7-6-8-15-12)13-10(3)9-14-5-2/h10-13H,4-9H2,1-3H3. The summed E-state index contributed by atoms with van der Waals surface area (Å²) in [5.74, 6) is 0. The van der Waals surface area contributed by atoms with Gasteiger partial charge in [0.25, 0.3) is 0 Å². The van der Waals surface area contributed by atoms with Gasteiger partial charge >= 0.3 is 0 Å². The molecule has 1 fully saturated rings. The molecule has 1 saturated heterocycles. The maximum absolute atomic E-state index is 5.71. The third-order valence-electron chi connectivity index (χ3n) is 2.92. The Labute approximate surface area is 93.5 Å². The summed E-state index contributed by atoms with van der Waals surface area (Å²) >= 11 is 0. The van der Waals surface area contributed by atoms with Gasteiger partial charge in [0.2, 0.25) is 0 Å². The lowest BCUT2D eigenvalue weighted by Gasteiger charge is -2.26. The number of ether oxygens (including phenoxy) is 2. The van der Waals surface area contributed by atoms with Gasteiger partial charge in [-0.15, -0.1) is 0 Å². The third kappa shape index (κ3) is 4.49. The van der Waals surface area contributed by atoms with Crippen LogP contribution in [0.5, 0.6) is 0 Å². The molecular formula is C12H25NO2. The fourth-order valence-corrected chi connectivity index (χ4v) is 2.12. The zero-order valence-electron chi connectivity index (χ0n) is 10.3. The predicted octanol–water partition coefficient (Wildman–Crippen LogP) is 1.96. The van der Waals surface area contributed by atoms with Crippen LogP contribution in [-0.4, -0.2) is 38.0 Å². The molecule has 1 heterocycles. The predicted molar refractivity (Wildman–Crippen MR) is 62.1 cm³/mol. The first-order chi connectivity index (χ1) is 7.27. The summed E-state index contributed by atoms with van der Waals surface area (Å²) in [6.45, 7) is 8.94. The lowest BCUT2D eigenvalue weighted by Crippen LogP contribution is -2.45. The summed E-state index contributed by atoms with van der Waals surface area (Å²) in [4.78, 5) is 0. The minimum absolute atomic E-state index is 0.416. The van der Waals surface area contributed by atoms with Crippen molar-refractivity contribution >= 4 is 0 Å². The van der Waals surface area contributed by atoms with Crippen LogP contribution in [0.25, 0.3) is 0 Å². The summed E-state index contributed by atoms with van der Waals surface area (Å²) < 4.78 is 11.1. The maximum Gasteiger partial charge on any atom is 0.0728 e. The molecule has 1 N–H and O–H groups in total. The Kier molecular flexibility index (Phi) is 6.22. The van der Waals surface area contributed by atoms with Crippen LogP contribution in [0.2, 0.25) is 0 Å². The van der Waals surface area contributed by atoms with Crippen molar-refractivity contribution in [2.45, 2.75) is 58.2 Å². The van der Waals surface area contributed by atoms with E-state index in [0.717, 1.165) is 26.2 Å². The van der Waals surface area contributed by atoms with Crippen molar-refractivity contribution in [3.63, 3.8) is 0 Å². The Bertz CT molecular complexity index is 158. The highest BCUT2D eigenvalue weighted by Crippen LogP contribution is 2.17. The fourth-order valence-electron chi connectivity index (χ4n) is 2.12. The van der Waals surface area contributed by atoms with Crippen LogP contribution >= 0.6 is 0 Å². The molecule has 0 aromatic carbocycles. The number of rotatable bonds is 7. The number of hydrogen-bond acceptors (Lipinski definition) is 3. The van der Waals surface area contributed by atoms with Gasteiger partial charge in [0.15, 0.2) is 0 Å². The second-order valence-electron chi connectivity index (χ2n) is 4.29. The molecule has 15 heavy (non-hydrogen) atoms. The Morgan fingerprint density at radius 2 is 2.27 bits per heavy atom. The van der Waals surface area contributed by atoms with Crippen LogP contribution in [-0.2, 0) is 9.47 Å². The summed E-state index contributed by atoms with van der Waals surface area (Å²) in [6.07, 6.45) is 3.95. The second kappa shape index (κ2) is 7.20. The molecule has 0 aromatic rings. The highest BCUT2D eigenvalue weighted by Gasteiger charge is 2.25. The van der Waals surface area contributed by atoms with E-state index >= 15 is 0 Å². The van der Waals surface area contributed by atoms with Crippen LogP contribution < -0.4 is 5.32 Å². The lowest BCUT2D eigenvalue weighted by molar-refractivity contribution is 0.0624. The van der Waals surface area contributed by atoms with E-state index in [1.54, 1.807) is 0 Å². The van der Waals surface area contributed by atoms with Crippen LogP contribution in [0.15, 0.2) is 0 Å². The first kappa shape index (κ1) is 12.9. The first-order valence-electron chi connectivity index (χ1n) is 6.23. The molecule has 1 rings (SSSR count). The van der Waals surface area contributed by atoms with Crippen molar-refractivity contribution in [3.8, 4) is 0 Å². The zero-order chi connectivity index (χ0) is 11.1. The normalized spacial score (nSPS) is 25.4. The molecule has 0 bridgehead atoms. The van der Waals surface area contributed by atoms with Gasteiger partial charge in [0.05, 0.1) is 12.7 Å². The number of nitrogens with one attached hydrogen (secondary N) is 1. The van der Waals surface area contributed by atoms with Crippen LogP contribution in [0.3, 0.4) is 0 Å². The van der Waals surface area contributed by atoms with Crippen LogP contribution in [0.1, 0.15) is 40.0 Å². The molecule has 0 amide bonds. The van der Waals surface area contributed by atoms with Crippen LogP contribution in [0, 0.1) is 0 Å². The molecule has 0 spiro atoms. The average molecular weight is 215 g/mol. The van der Waals surface area contributed by atoms with Gasteiger partial charge in [-0.3, -0.25) is 0 Å². The van der Waals surface area contributed by atoms with E-state index in [0.29, 0.717) is 18.2 Å². The summed E-state index contributed by atoms with van der Waals surface area (Å²) in [5.41, 5.74) is 0. The molecule has 3 nitrogen and oxygen atoms in total. The molecule has 0 aliphatic carbocycles. The lowest BCUT2D eigenvalue weighted by atomic mass is 10.0. The molecule has 0 saturated carbocycles. The summed E-state index contributed by atoms with van der Waals surface area (Å²) in [7, 11) is 0. The van der Waals surface area contributed by atoms with Crippen molar-refractivity contribution in [2.75, 3.05) is 19.8 Å². The van der Waals surface area contributed by atoms with Crippen molar-refractivity contribution in [3.05, 3.63) is 0 Å². The largest absolute Gasteiger partial charge is 0.380 e. The average Bonchev–Trinajstić information content (AvgIpc) is 2.76. The molecule has 0 radical (unpaired) electrons.